The fourth-order valence-electron chi connectivity index (χ4n) is 2.75. The zero-order valence-corrected chi connectivity index (χ0v) is 16.9. The number of anilines is 1. The molecular formula is C21H22N6O3. The molecule has 3 rings (SSSR count). The molecule has 30 heavy (non-hydrogen) atoms. The van der Waals surface area contributed by atoms with Crippen molar-refractivity contribution in [2.75, 3.05) is 11.9 Å². The second-order valence-electron chi connectivity index (χ2n) is 6.68. The molecule has 0 atom stereocenters. The Hall–Kier alpha value is -4.01. The molecule has 0 unspecified atom stereocenters. The van der Waals surface area contributed by atoms with Crippen LogP contribution in [-0.2, 0) is 9.63 Å². The minimum Gasteiger partial charge on any atom is -0.384 e. The monoisotopic (exact) mass is 406 g/mol. The number of ketones is 1. The number of nitrogens with one attached hydrogen (secondary N) is 1. The molecule has 0 spiro atoms. The Morgan fingerprint density at radius 3 is 2.60 bits per heavy atom. The van der Waals surface area contributed by atoms with Crippen molar-refractivity contribution in [1.82, 2.24) is 14.8 Å². The lowest BCUT2D eigenvalue weighted by molar-refractivity contribution is -0.120. The van der Waals surface area contributed by atoms with E-state index in [-0.39, 0.29) is 18.2 Å². The van der Waals surface area contributed by atoms with Crippen LogP contribution in [0, 0.1) is 13.8 Å². The first-order valence-electron chi connectivity index (χ1n) is 9.20. The molecule has 0 saturated carbocycles. The Labute approximate surface area is 173 Å². The first kappa shape index (κ1) is 20.7. The molecule has 0 aliphatic carbocycles. The van der Waals surface area contributed by atoms with Crippen molar-refractivity contribution in [3.05, 3.63) is 71.2 Å². The van der Waals surface area contributed by atoms with Crippen molar-refractivity contribution >= 4 is 23.2 Å². The van der Waals surface area contributed by atoms with E-state index in [1.54, 1.807) is 47.3 Å². The van der Waals surface area contributed by atoms with E-state index in [9.17, 15) is 9.59 Å². The van der Waals surface area contributed by atoms with Crippen LogP contribution >= 0.6 is 0 Å². The summed E-state index contributed by atoms with van der Waals surface area (Å²) >= 11 is 0. The van der Waals surface area contributed by atoms with Crippen molar-refractivity contribution in [3.63, 3.8) is 0 Å². The van der Waals surface area contributed by atoms with E-state index in [1.807, 2.05) is 19.9 Å². The molecule has 1 amide bonds. The van der Waals surface area contributed by atoms with Crippen LogP contribution in [-0.4, -0.2) is 38.9 Å². The number of hydrogen-bond donors (Lipinski definition) is 2. The number of pyridine rings is 1. The predicted molar refractivity (Wildman–Crippen MR) is 113 cm³/mol. The summed E-state index contributed by atoms with van der Waals surface area (Å²) in [5.41, 5.74) is 9.33. The lowest BCUT2D eigenvalue weighted by atomic mass is 10.1. The van der Waals surface area contributed by atoms with E-state index in [1.165, 1.54) is 6.92 Å². The van der Waals surface area contributed by atoms with Crippen LogP contribution < -0.4 is 11.1 Å². The largest absolute Gasteiger partial charge is 0.384 e. The number of amidine groups is 1. The zero-order chi connectivity index (χ0) is 21.7. The Kier molecular flexibility index (Phi) is 6.21. The number of benzene rings is 1. The topological polar surface area (TPSA) is 124 Å². The predicted octanol–water partition coefficient (Wildman–Crippen LogP) is 2.36. The molecule has 3 aromatic rings. The number of aryl methyl sites for hydroxylation is 2. The Morgan fingerprint density at radius 1 is 1.17 bits per heavy atom. The number of hydrogen-bond acceptors (Lipinski definition) is 6. The van der Waals surface area contributed by atoms with Crippen LogP contribution in [0.15, 0.2) is 53.8 Å². The Bertz CT molecular complexity index is 1100. The maximum absolute atomic E-state index is 12.0. The molecule has 1 aromatic carbocycles. The van der Waals surface area contributed by atoms with Gasteiger partial charge >= 0.3 is 0 Å². The molecule has 3 N–H and O–H groups in total. The van der Waals surface area contributed by atoms with Crippen molar-refractivity contribution in [2.24, 2.45) is 10.9 Å². The summed E-state index contributed by atoms with van der Waals surface area (Å²) in [5, 5.41) is 10.8. The summed E-state index contributed by atoms with van der Waals surface area (Å²) in [5.74, 6) is 0.237. The van der Waals surface area contributed by atoms with Gasteiger partial charge in [0.25, 0.3) is 5.91 Å². The number of carbonyl (C=O) groups excluding carboxylic acids is 2. The van der Waals surface area contributed by atoms with Gasteiger partial charge in [-0.2, -0.15) is 5.10 Å². The van der Waals surface area contributed by atoms with Crippen LogP contribution in [0.2, 0.25) is 0 Å². The number of aromatic nitrogens is 3. The van der Waals surface area contributed by atoms with Gasteiger partial charge in [0, 0.05) is 28.7 Å². The van der Waals surface area contributed by atoms with E-state index < -0.39 is 5.91 Å². The minimum atomic E-state index is -0.426. The number of nitrogens with zero attached hydrogens (tertiary/aromatic N) is 4. The fourth-order valence-corrected chi connectivity index (χ4v) is 2.75. The molecule has 9 nitrogen and oxygen atoms in total. The van der Waals surface area contributed by atoms with Gasteiger partial charge in [0.05, 0.1) is 5.69 Å². The maximum Gasteiger partial charge on any atom is 0.265 e. The van der Waals surface area contributed by atoms with Crippen LogP contribution in [0.1, 0.15) is 34.2 Å². The average molecular weight is 406 g/mol. The van der Waals surface area contributed by atoms with Crippen molar-refractivity contribution in [2.45, 2.75) is 20.8 Å². The van der Waals surface area contributed by atoms with Gasteiger partial charge < -0.3 is 15.9 Å². The van der Waals surface area contributed by atoms with E-state index in [2.05, 4.69) is 20.6 Å². The fraction of sp³-hybridized carbons (Fsp3) is 0.190. The molecule has 0 radical (unpaired) electrons. The van der Waals surface area contributed by atoms with Gasteiger partial charge in [-0.1, -0.05) is 17.3 Å². The van der Waals surface area contributed by atoms with Gasteiger partial charge in [-0.3, -0.25) is 9.59 Å². The van der Waals surface area contributed by atoms with Crippen LogP contribution in [0.5, 0.6) is 0 Å². The number of oxime groups is 1. The third-order valence-electron chi connectivity index (χ3n) is 4.18. The standard InChI is InChI=1S/C21H22N6O3/c1-13-9-14(2)27(25-13)19-8-7-17(11-23-19)21(22)26-30-12-20(29)24-18-6-4-5-16(10-18)15(3)28/h4-11H,12H2,1-3H3,(H2,22,26)(H,24,29). The van der Waals surface area contributed by atoms with Crippen molar-refractivity contribution in [3.8, 4) is 5.82 Å². The molecule has 0 fully saturated rings. The summed E-state index contributed by atoms with van der Waals surface area (Å²) in [6.07, 6.45) is 1.56. The number of rotatable bonds is 7. The first-order chi connectivity index (χ1) is 14.3. The van der Waals surface area contributed by atoms with Gasteiger partial charge in [0.15, 0.2) is 24.0 Å². The van der Waals surface area contributed by atoms with Crippen LogP contribution in [0.25, 0.3) is 5.82 Å². The van der Waals surface area contributed by atoms with Crippen molar-refractivity contribution in [1.29, 1.82) is 0 Å². The highest BCUT2D eigenvalue weighted by atomic mass is 16.6. The Balaban J connectivity index is 1.57. The van der Waals surface area contributed by atoms with Gasteiger partial charge in [0.1, 0.15) is 0 Å². The molecule has 154 valence electrons. The lowest BCUT2D eigenvalue weighted by Crippen LogP contribution is -2.19. The summed E-state index contributed by atoms with van der Waals surface area (Å²) in [4.78, 5) is 32.8. The second-order valence-corrected chi connectivity index (χ2v) is 6.68. The molecule has 2 aromatic heterocycles. The summed E-state index contributed by atoms with van der Waals surface area (Å²) in [6.45, 7) is 4.99. The Morgan fingerprint density at radius 2 is 1.97 bits per heavy atom. The quantitative estimate of drug-likeness (QED) is 0.269. The SMILES string of the molecule is CC(=O)c1cccc(NC(=O)CO/N=C(/N)c2ccc(-n3nc(C)cc3C)nc2)c1. The van der Waals surface area contributed by atoms with E-state index >= 15 is 0 Å². The highest BCUT2D eigenvalue weighted by Gasteiger charge is 2.08. The molecular weight excluding hydrogens is 384 g/mol. The highest BCUT2D eigenvalue weighted by Crippen LogP contribution is 2.12. The smallest absolute Gasteiger partial charge is 0.265 e. The number of nitrogens with two attached hydrogens (primary N) is 1. The van der Waals surface area contributed by atoms with E-state index in [0.29, 0.717) is 22.6 Å². The zero-order valence-electron chi connectivity index (χ0n) is 16.9. The number of amides is 1. The molecule has 2 heterocycles. The van der Waals surface area contributed by atoms with Crippen LogP contribution in [0.4, 0.5) is 5.69 Å². The molecule has 0 saturated heterocycles. The molecule has 9 heteroatoms. The van der Waals surface area contributed by atoms with Crippen LogP contribution in [0.3, 0.4) is 0 Å². The minimum absolute atomic E-state index is 0.0859. The normalized spacial score (nSPS) is 11.2. The van der Waals surface area contributed by atoms with Gasteiger partial charge in [-0.25, -0.2) is 9.67 Å². The van der Waals surface area contributed by atoms with E-state index in [0.717, 1.165) is 11.4 Å². The van der Waals surface area contributed by atoms with Gasteiger partial charge in [-0.05, 0) is 51.1 Å². The van der Waals surface area contributed by atoms with Gasteiger partial charge in [0.2, 0.25) is 0 Å². The summed E-state index contributed by atoms with van der Waals surface area (Å²) < 4.78 is 1.73. The summed E-state index contributed by atoms with van der Waals surface area (Å²) in [7, 11) is 0. The lowest BCUT2D eigenvalue weighted by Gasteiger charge is -2.07. The summed E-state index contributed by atoms with van der Waals surface area (Å²) in [6, 6.07) is 12.1. The van der Waals surface area contributed by atoms with Crippen molar-refractivity contribution < 1.29 is 14.4 Å². The number of carbonyl (C=O) groups is 2. The highest BCUT2D eigenvalue weighted by molar-refractivity contribution is 5.98. The average Bonchev–Trinajstić information content (AvgIpc) is 3.06. The molecule has 0 aliphatic heterocycles. The maximum atomic E-state index is 12.0. The van der Waals surface area contributed by atoms with Gasteiger partial charge in [-0.15, -0.1) is 0 Å². The molecule has 0 aliphatic rings. The molecule has 0 bridgehead atoms. The second kappa shape index (κ2) is 8.99. The third kappa shape index (κ3) is 5.07. The first-order valence-corrected chi connectivity index (χ1v) is 9.20. The third-order valence-corrected chi connectivity index (χ3v) is 4.18. The van der Waals surface area contributed by atoms with E-state index in [4.69, 9.17) is 10.6 Å². The number of Topliss-reactive ketones (excluding diaryl/α,β-unsaturated/α-hetero) is 1.